The molecule has 0 aliphatic heterocycles. The third-order valence-corrected chi connectivity index (χ3v) is 11.9. The van der Waals surface area contributed by atoms with Gasteiger partial charge in [-0.25, -0.2) is 4.68 Å². The lowest BCUT2D eigenvalue weighted by molar-refractivity contribution is -0.0000425. The van der Waals surface area contributed by atoms with Gasteiger partial charge < -0.3 is 22.7 Å². The molecule has 0 unspecified atom stereocenters. The summed E-state index contributed by atoms with van der Waals surface area (Å²) in [6.07, 6.45) is 4.18. The van der Waals surface area contributed by atoms with E-state index in [0.717, 1.165) is 27.9 Å². The first-order valence-electron chi connectivity index (χ1n) is 20.7. The van der Waals surface area contributed by atoms with E-state index >= 15 is 0 Å². The monoisotopic (exact) mass is 1170 g/mol. The summed E-state index contributed by atoms with van der Waals surface area (Å²) in [5.41, 5.74) is 17.5. The van der Waals surface area contributed by atoms with E-state index in [0.29, 0.717) is 37.9 Å². The van der Waals surface area contributed by atoms with Gasteiger partial charge in [-0.1, -0.05) is 158 Å². The second-order valence-electron chi connectivity index (χ2n) is 15.4. The van der Waals surface area contributed by atoms with Gasteiger partial charge in [0.05, 0.1) is 29.2 Å². The number of ketones is 4. The van der Waals surface area contributed by atoms with Crippen LogP contribution in [0.25, 0.3) is 5.69 Å². The lowest BCUT2D eigenvalue weighted by atomic mass is 10.0. The van der Waals surface area contributed by atoms with Gasteiger partial charge in [-0.2, -0.15) is 15.5 Å². The van der Waals surface area contributed by atoms with Gasteiger partial charge in [-0.15, -0.1) is 0 Å². The van der Waals surface area contributed by atoms with Gasteiger partial charge in [-0.3, -0.25) is 24.6 Å². The highest BCUT2D eigenvalue weighted by Crippen LogP contribution is 2.24. The molecule has 7 rings (SSSR count). The fraction of sp³-hybridized carbons (Fsp3) is 0.151. The maximum atomic E-state index is 12.7. The van der Waals surface area contributed by atoms with Crippen LogP contribution in [0.2, 0.25) is 10.0 Å². The summed E-state index contributed by atoms with van der Waals surface area (Å²) in [6.45, 7) is 7.93. The first kappa shape index (κ1) is 57.7. The third kappa shape index (κ3) is 18.3. The van der Waals surface area contributed by atoms with E-state index in [2.05, 4.69) is 60.0 Å². The van der Waals surface area contributed by atoms with Crippen molar-refractivity contribution in [3.05, 3.63) is 211 Å². The number of benzene rings is 6. The summed E-state index contributed by atoms with van der Waals surface area (Å²) in [4.78, 5) is 47.4. The van der Waals surface area contributed by atoms with Crippen LogP contribution in [0, 0.1) is 39.0 Å². The van der Waals surface area contributed by atoms with E-state index in [-0.39, 0.29) is 72.7 Å². The molecule has 7 aromatic rings. The summed E-state index contributed by atoms with van der Waals surface area (Å²) >= 11 is 18.0. The van der Waals surface area contributed by atoms with Gasteiger partial charge in [0.1, 0.15) is 17.5 Å². The van der Waals surface area contributed by atoms with Crippen LogP contribution in [-0.4, -0.2) is 61.1 Å². The Hall–Kier alpha value is -5.66. The maximum Gasteiger partial charge on any atom is 0.220 e. The van der Waals surface area contributed by atoms with Crippen molar-refractivity contribution in [3.8, 4) is 11.8 Å². The maximum absolute atomic E-state index is 12.7. The molecule has 0 radical (unpaired) electrons. The van der Waals surface area contributed by atoms with Gasteiger partial charge >= 0.3 is 0 Å². The van der Waals surface area contributed by atoms with Gasteiger partial charge in [0.15, 0.2) is 21.9 Å². The number of aryl methyl sites for hydroxylation is 4. The number of anilines is 2. The number of nitrogen functional groups attached to an aromatic ring is 1. The molecule has 3 N–H and O–H groups in total. The van der Waals surface area contributed by atoms with Gasteiger partial charge in [0.25, 0.3) is 0 Å². The predicted octanol–water partition coefficient (Wildman–Crippen LogP) is 9.80. The standard InChI is InChI=1S/C18H13ClN4O.C15H12BrClN2O.C11H15OS.C9H9BrO.BrH/c1-11-2-4-12(5-3-11)17(24)16-15(10-20)18(21)23(22-16)14-8-6-13(19)7-9-14;1-10-2-4-11(5-3-10)14(20)15(16)19-18-13-8-6-12(17)7-9-13;1-9-4-6-10(7-5-9)11(12)8-13(2)3;1-7-2-4-8(5-3-7)9(11)6-10;/h2-9H,21H2,1H3;2-9,18H,1H3;4-7H,8H2,1-3H3;2-5H,6H2,1H3;1H/q;;+1;;/p-1/b;19-15-;;;. The minimum absolute atomic E-state index is 0. The zero-order chi connectivity index (χ0) is 49.9. The van der Waals surface area contributed by atoms with Crippen LogP contribution in [0.5, 0.6) is 0 Å². The Morgan fingerprint density at radius 2 is 1.07 bits per heavy atom. The number of halogens is 5. The number of hydrogen-bond donors (Lipinski definition) is 2. The number of hydrazone groups is 1. The van der Waals surface area contributed by atoms with Crippen LogP contribution in [0.3, 0.4) is 0 Å². The second-order valence-corrected chi connectivity index (χ2v) is 19.8. The molecule has 10 nitrogen and oxygen atoms in total. The number of nitrogens with one attached hydrogen (secondary N) is 1. The van der Waals surface area contributed by atoms with E-state index in [4.69, 9.17) is 28.9 Å². The summed E-state index contributed by atoms with van der Waals surface area (Å²) in [5, 5.41) is 19.3. The Kier molecular flexibility index (Phi) is 24.0. The number of alkyl halides is 1. The van der Waals surface area contributed by atoms with Crippen molar-refractivity contribution in [1.82, 2.24) is 9.78 Å². The van der Waals surface area contributed by atoms with E-state index in [1.54, 1.807) is 72.8 Å². The molecule has 356 valence electrons. The SMILES string of the molecule is Cc1ccc(C(=O)/C(Br)=N/Nc2ccc(Cl)cc2)cc1.Cc1ccc(C(=O)CBr)cc1.Cc1ccc(C(=O)C[S+](C)C)cc1.Cc1ccc(C(=O)c2nn(-c3ccc(Cl)cc3)c(N)c2C#N)cc1.[Br-]. The molecule has 16 heteroatoms. The molecule has 0 amide bonds. The smallest absolute Gasteiger partial charge is 0.220 e. The Morgan fingerprint density at radius 1 is 0.667 bits per heavy atom. The lowest BCUT2D eigenvalue weighted by Crippen LogP contribution is -3.00. The normalized spacial score (nSPS) is 10.4. The topological polar surface area (TPSA) is 160 Å². The summed E-state index contributed by atoms with van der Waals surface area (Å²) in [6, 6.07) is 45.6. The zero-order valence-electron chi connectivity index (χ0n) is 38.6. The minimum atomic E-state index is -0.342. The van der Waals surface area contributed by atoms with E-state index in [1.165, 1.54) is 15.8 Å². The van der Waals surface area contributed by atoms with Crippen LogP contribution < -0.4 is 28.1 Å². The average molecular weight is 1180 g/mol. The van der Waals surface area contributed by atoms with Gasteiger partial charge in [-0.05, 0) is 103 Å². The molecule has 0 bridgehead atoms. The average Bonchev–Trinajstić information content (AvgIpc) is 3.67. The molecule has 0 aliphatic carbocycles. The van der Waals surface area contributed by atoms with Gasteiger partial charge in [0, 0.05) is 32.3 Å². The molecular weight excluding hydrogens is 1130 g/mol. The third-order valence-electron chi connectivity index (χ3n) is 9.55. The molecule has 0 spiro atoms. The zero-order valence-corrected chi connectivity index (χ0v) is 45.7. The molecule has 1 heterocycles. The second kappa shape index (κ2) is 28.7. The number of hydrogen-bond acceptors (Lipinski definition) is 9. The molecule has 0 saturated heterocycles. The highest BCUT2D eigenvalue weighted by atomic mass is 79.9. The van der Waals surface area contributed by atoms with Crippen molar-refractivity contribution in [3.63, 3.8) is 0 Å². The fourth-order valence-electron chi connectivity index (χ4n) is 5.74. The number of carbonyl (C=O) groups is 4. The molecule has 0 saturated carbocycles. The number of rotatable bonds is 12. The lowest BCUT2D eigenvalue weighted by Gasteiger charge is -2.03. The quantitative estimate of drug-likeness (QED) is 0.0402. The highest BCUT2D eigenvalue weighted by molar-refractivity contribution is 9.19. The summed E-state index contributed by atoms with van der Waals surface area (Å²) < 4.78 is 1.59. The van der Waals surface area contributed by atoms with Crippen LogP contribution in [0.1, 0.15) is 74.9 Å². The van der Waals surface area contributed by atoms with Crippen LogP contribution in [-0.2, 0) is 10.9 Å². The molecule has 1 aromatic heterocycles. The van der Waals surface area contributed by atoms with Crippen molar-refractivity contribution in [1.29, 1.82) is 5.26 Å². The molecule has 0 fully saturated rings. The summed E-state index contributed by atoms with van der Waals surface area (Å²) in [5.74, 6) is 0.661. The van der Waals surface area contributed by atoms with E-state index in [9.17, 15) is 24.4 Å². The number of Topliss-reactive ketones (excluding diaryl/α,β-unsaturated/α-hetero) is 3. The Balaban J connectivity index is 0.000000253. The number of carbonyl (C=O) groups excluding carboxylic acids is 4. The Morgan fingerprint density at radius 3 is 1.49 bits per heavy atom. The highest BCUT2D eigenvalue weighted by Gasteiger charge is 2.23. The van der Waals surface area contributed by atoms with Crippen molar-refractivity contribution in [2.24, 2.45) is 5.10 Å². The van der Waals surface area contributed by atoms with Crippen molar-refractivity contribution in [2.45, 2.75) is 27.7 Å². The molecule has 69 heavy (non-hydrogen) atoms. The van der Waals surface area contributed by atoms with Crippen molar-refractivity contribution >= 4 is 105 Å². The predicted molar refractivity (Wildman–Crippen MR) is 288 cm³/mol. The molecular formula is C53H49Br3Cl2N6O4S. The van der Waals surface area contributed by atoms with Crippen molar-refractivity contribution in [2.75, 3.05) is 34.8 Å². The number of nitrogens with two attached hydrogens (primary N) is 1. The summed E-state index contributed by atoms with van der Waals surface area (Å²) in [7, 11) is 0.199. The number of nitrogens with zero attached hydrogens (tertiary/aromatic N) is 4. The first-order chi connectivity index (χ1) is 32.4. The number of aromatic nitrogens is 2. The van der Waals surface area contributed by atoms with E-state index in [1.807, 2.05) is 107 Å². The molecule has 6 aromatic carbocycles. The molecule has 0 aliphatic rings. The van der Waals surface area contributed by atoms with Crippen LogP contribution in [0.15, 0.2) is 151 Å². The van der Waals surface area contributed by atoms with Crippen LogP contribution >= 0.6 is 55.1 Å². The van der Waals surface area contributed by atoms with Crippen LogP contribution in [0.4, 0.5) is 11.5 Å². The minimum Gasteiger partial charge on any atom is -1.00 e. The van der Waals surface area contributed by atoms with Crippen molar-refractivity contribution < 1.29 is 36.2 Å². The number of nitriles is 1. The van der Waals surface area contributed by atoms with Gasteiger partial charge in [0.2, 0.25) is 17.3 Å². The molecule has 0 atom stereocenters. The Labute approximate surface area is 443 Å². The first-order valence-corrected chi connectivity index (χ1v) is 25.6. The van der Waals surface area contributed by atoms with E-state index < -0.39 is 0 Å². The Bertz CT molecular complexity index is 2890. The largest absolute Gasteiger partial charge is 1.00 e. The fourth-order valence-corrected chi connectivity index (χ4v) is 7.32.